The van der Waals surface area contributed by atoms with E-state index in [9.17, 15) is 9.90 Å². The lowest BCUT2D eigenvalue weighted by molar-refractivity contribution is -0.156. The summed E-state index contributed by atoms with van der Waals surface area (Å²) in [5, 5.41) is 9.67. The highest BCUT2D eigenvalue weighted by Crippen LogP contribution is 2.18. The summed E-state index contributed by atoms with van der Waals surface area (Å²) >= 11 is 0. The molecule has 15 heavy (non-hydrogen) atoms. The molecule has 0 radical (unpaired) electrons. The maximum atomic E-state index is 11.3. The molecule has 84 valence electrons. The van der Waals surface area contributed by atoms with E-state index in [4.69, 9.17) is 4.74 Å². The Hall–Kier alpha value is -1.01. The highest BCUT2D eigenvalue weighted by atomic mass is 16.5. The van der Waals surface area contributed by atoms with Gasteiger partial charge in [0.1, 0.15) is 6.10 Å². The van der Waals surface area contributed by atoms with Gasteiger partial charge in [0.25, 0.3) is 0 Å². The molecular formula is C12H18O3. The Morgan fingerprint density at radius 1 is 1.67 bits per heavy atom. The normalized spacial score (nSPS) is 22.5. The average Bonchev–Trinajstić information content (AvgIpc) is 2.25. The fourth-order valence-corrected chi connectivity index (χ4v) is 1.53. The van der Waals surface area contributed by atoms with Crippen molar-refractivity contribution in [3.63, 3.8) is 0 Å². The van der Waals surface area contributed by atoms with E-state index in [1.807, 2.05) is 0 Å². The summed E-state index contributed by atoms with van der Waals surface area (Å²) in [4.78, 5) is 11.3. The molecule has 2 atom stereocenters. The minimum atomic E-state index is -0.852. The van der Waals surface area contributed by atoms with Crippen LogP contribution in [0.4, 0.5) is 0 Å². The molecule has 0 aromatic rings. The average molecular weight is 210 g/mol. The van der Waals surface area contributed by atoms with Gasteiger partial charge in [0.15, 0.2) is 0 Å². The third-order valence-corrected chi connectivity index (χ3v) is 2.49. The third-order valence-electron chi connectivity index (χ3n) is 2.49. The maximum Gasteiger partial charge on any atom is 0.312 e. The molecule has 0 saturated carbocycles. The zero-order valence-electron chi connectivity index (χ0n) is 9.16. The topological polar surface area (TPSA) is 46.5 Å². The molecule has 1 fully saturated rings. The molecule has 1 aliphatic heterocycles. The summed E-state index contributed by atoms with van der Waals surface area (Å²) in [5.41, 5.74) is 0. The van der Waals surface area contributed by atoms with Crippen LogP contribution in [0.1, 0.15) is 39.0 Å². The van der Waals surface area contributed by atoms with Gasteiger partial charge in [-0.2, -0.15) is 0 Å². The van der Waals surface area contributed by atoms with E-state index in [-0.39, 0.29) is 5.97 Å². The number of carbonyl (C=O) groups excluding carboxylic acids is 1. The molecule has 0 aliphatic carbocycles. The first-order chi connectivity index (χ1) is 7.25. The van der Waals surface area contributed by atoms with Crippen molar-refractivity contribution in [3.05, 3.63) is 0 Å². The van der Waals surface area contributed by atoms with Gasteiger partial charge in [0.2, 0.25) is 0 Å². The lowest BCUT2D eigenvalue weighted by atomic mass is 9.95. The standard InChI is InChI=1S/C12H18O3/c1-2-3-4-5-8-11(13)10-7-6-9-15-12(10)14/h10-11,13H,2-4,6-7,9H2,1H3/t10-,11-/m0/s1. The predicted molar refractivity (Wildman–Crippen MR) is 57.0 cm³/mol. The Bertz CT molecular complexity index is 262. The van der Waals surface area contributed by atoms with Crippen molar-refractivity contribution in [1.29, 1.82) is 0 Å². The van der Waals surface area contributed by atoms with Crippen LogP contribution in [0.2, 0.25) is 0 Å². The smallest absolute Gasteiger partial charge is 0.312 e. The summed E-state index contributed by atoms with van der Waals surface area (Å²) in [5.74, 6) is 4.87. The molecule has 0 aromatic carbocycles. The van der Waals surface area contributed by atoms with Crippen LogP contribution >= 0.6 is 0 Å². The molecule has 1 N–H and O–H groups in total. The minimum Gasteiger partial charge on any atom is -0.465 e. The van der Waals surface area contributed by atoms with Crippen LogP contribution in [-0.2, 0) is 9.53 Å². The second kappa shape index (κ2) is 6.47. The molecule has 0 bridgehead atoms. The second-order valence-corrected chi connectivity index (χ2v) is 3.79. The lowest BCUT2D eigenvalue weighted by Crippen LogP contribution is -2.32. The molecule has 1 rings (SSSR count). The molecule has 0 amide bonds. The van der Waals surface area contributed by atoms with E-state index in [1.165, 1.54) is 0 Å². The fourth-order valence-electron chi connectivity index (χ4n) is 1.53. The van der Waals surface area contributed by atoms with Crippen molar-refractivity contribution in [2.75, 3.05) is 6.61 Å². The monoisotopic (exact) mass is 210 g/mol. The highest BCUT2D eigenvalue weighted by Gasteiger charge is 2.29. The van der Waals surface area contributed by atoms with Crippen molar-refractivity contribution in [1.82, 2.24) is 0 Å². The first-order valence-electron chi connectivity index (χ1n) is 5.58. The summed E-state index contributed by atoms with van der Waals surface area (Å²) in [6, 6.07) is 0. The predicted octanol–water partition coefficient (Wildman–Crippen LogP) is 1.49. The van der Waals surface area contributed by atoms with Crippen LogP contribution in [-0.4, -0.2) is 23.8 Å². The second-order valence-electron chi connectivity index (χ2n) is 3.79. The Morgan fingerprint density at radius 3 is 3.13 bits per heavy atom. The highest BCUT2D eigenvalue weighted by molar-refractivity contribution is 5.74. The molecule has 0 aromatic heterocycles. The zero-order chi connectivity index (χ0) is 11.1. The van der Waals surface area contributed by atoms with E-state index in [2.05, 4.69) is 18.8 Å². The Balaban J connectivity index is 2.39. The first-order valence-corrected chi connectivity index (χ1v) is 5.58. The van der Waals surface area contributed by atoms with Gasteiger partial charge >= 0.3 is 5.97 Å². The van der Waals surface area contributed by atoms with Gasteiger partial charge in [-0.3, -0.25) is 4.79 Å². The quantitative estimate of drug-likeness (QED) is 0.436. The van der Waals surface area contributed by atoms with E-state index in [0.717, 1.165) is 25.7 Å². The van der Waals surface area contributed by atoms with Crippen LogP contribution in [0.15, 0.2) is 0 Å². The zero-order valence-corrected chi connectivity index (χ0v) is 9.16. The third kappa shape index (κ3) is 3.93. The van der Waals surface area contributed by atoms with E-state index >= 15 is 0 Å². The number of hydrogen-bond acceptors (Lipinski definition) is 3. The van der Waals surface area contributed by atoms with Gasteiger partial charge in [-0.25, -0.2) is 0 Å². The summed E-state index contributed by atoms with van der Waals surface area (Å²) in [7, 11) is 0. The number of cyclic esters (lactones) is 1. The van der Waals surface area contributed by atoms with Crippen molar-refractivity contribution < 1.29 is 14.6 Å². The molecule has 1 aliphatic rings. The number of rotatable bonds is 3. The van der Waals surface area contributed by atoms with Crippen molar-refractivity contribution in [2.45, 2.75) is 45.1 Å². The number of hydrogen-bond donors (Lipinski definition) is 1. The first kappa shape index (κ1) is 12.1. The van der Waals surface area contributed by atoms with Gasteiger partial charge in [-0.15, -0.1) is 5.92 Å². The Labute approximate surface area is 90.8 Å². The van der Waals surface area contributed by atoms with Gasteiger partial charge < -0.3 is 9.84 Å². The summed E-state index contributed by atoms with van der Waals surface area (Å²) < 4.78 is 4.87. The van der Waals surface area contributed by atoms with Crippen LogP contribution < -0.4 is 0 Å². The molecular weight excluding hydrogens is 192 g/mol. The van der Waals surface area contributed by atoms with E-state index < -0.39 is 12.0 Å². The van der Waals surface area contributed by atoms with Crippen molar-refractivity contribution in [2.24, 2.45) is 5.92 Å². The molecule has 3 nitrogen and oxygen atoms in total. The van der Waals surface area contributed by atoms with Crippen molar-refractivity contribution in [3.8, 4) is 11.8 Å². The molecule has 3 heteroatoms. The SMILES string of the molecule is CCCCC#C[C@H](O)[C@@H]1CCCOC1=O. The molecule has 0 unspecified atom stereocenters. The van der Waals surface area contributed by atoms with Crippen LogP contribution in [0, 0.1) is 17.8 Å². The van der Waals surface area contributed by atoms with E-state index in [1.54, 1.807) is 0 Å². The van der Waals surface area contributed by atoms with Crippen LogP contribution in [0.25, 0.3) is 0 Å². The van der Waals surface area contributed by atoms with Gasteiger partial charge in [-0.05, 0) is 19.3 Å². The Morgan fingerprint density at radius 2 is 2.47 bits per heavy atom. The van der Waals surface area contributed by atoms with Gasteiger partial charge in [0.05, 0.1) is 12.5 Å². The van der Waals surface area contributed by atoms with Crippen LogP contribution in [0.5, 0.6) is 0 Å². The largest absolute Gasteiger partial charge is 0.465 e. The molecule has 1 saturated heterocycles. The van der Waals surface area contributed by atoms with Gasteiger partial charge in [-0.1, -0.05) is 19.3 Å². The minimum absolute atomic E-state index is 0.307. The van der Waals surface area contributed by atoms with Gasteiger partial charge in [0, 0.05) is 6.42 Å². The number of ether oxygens (including phenoxy) is 1. The fraction of sp³-hybridized carbons (Fsp3) is 0.750. The number of carbonyl (C=O) groups is 1. The Kier molecular flexibility index (Phi) is 5.20. The van der Waals surface area contributed by atoms with E-state index in [0.29, 0.717) is 13.0 Å². The molecule has 0 spiro atoms. The summed E-state index contributed by atoms with van der Waals surface area (Å²) in [6.07, 6.45) is 3.57. The maximum absolute atomic E-state index is 11.3. The number of unbranched alkanes of at least 4 members (excludes halogenated alkanes) is 2. The summed E-state index contributed by atoms with van der Waals surface area (Å²) in [6.45, 7) is 2.57. The number of aliphatic hydroxyl groups excluding tert-OH is 1. The number of esters is 1. The number of aliphatic hydroxyl groups is 1. The molecule has 1 heterocycles. The van der Waals surface area contributed by atoms with Crippen LogP contribution in [0.3, 0.4) is 0 Å². The van der Waals surface area contributed by atoms with Crippen molar-refractivity contribution >= 4 is 5.97 Å². The lowest BCUT2D eigenvalue weighted by Gasteiger charge is -2.22.